The summed E-state index contributed by atoms with van der Waals surface area (Å²) in [5.41, 5.74) is 0.876. The van der Waals surface area contributed by atoms with Crippen LogP contribution >= 0.6 is 11.8 Å². The second-order valence-corrected chi connectivity index (χ2v) is 7.29. The molecule has 3 rings (SSSR count). The van der Waals surface area contributed by atoms with Crippen molar-refractivity contribution in [2.24, 2.45) is 10.2 Å². The summed E-state index contributed by atoms with van der Waals surface area (Å²) >= 11 is 1.11. The van der Waals surface area contributed by atoms with Crippen LogP contribution in [0.1, 0.15) is 23.6 Å². The van der Waals surface area contributed by atoms with Crippen molar-refractivity contribution < 1.29 is 22.4 Å². The first-order chi connectivity index (χ1) is 13.2. The first-order valence-corrected chi connectivity index (χ1v) is 9.12. The standard InChI is InChI=1S/C19H15F4N3OS/c1-11(13-5-7-15(20)8-6-13)25-26-18-24-17(27)16(28-18)10-12-3-2-4-14(9-12)19(21,22)23/h2-9,16H,10H2,1H3,(H,24,26,27)/b25-11-/t16-/m0/s1. The van der Waals surface area contributed by atoms with Gasteiger partial charge >= 0.3 is 6.18 Å². The molecule has 9 heteroatoms. The monoisotopic (exact) mass is 409 g/mol. The van der Waals surface area contributed by atoms with Gasteiger partial charge in [0, 0.05) is 0 Å². The van der Waals surface area contributed by atoms with Crippen LogP contribution in [-0.2, 0) is 17.4 Å². The number of carbonyl (C=O) groups is 1. The molecule has 0 aliphatic carbocycles. The molecule has 0 saturated carbocycles. The highest BCUT2D eigenvalue weighted by molar-refractivity contribution is 8.15. The number of rotatable bonds is 4. The number of carbonyl (C=O) groups excluding carboxylic acids is 1. The fraction of sp³-hybridized carbons (Fsp3) is 0.211. The Labute approximate surface area is 162 Å². The second kappa shape index (κ2) is 8.14. The molecule has 4 nitrogen and oxygen atoms in total. The smallest absolute Gasteiger partial charge is 0.303 e. The Morgan fingerprint density at radius 1 is 1.18 bits per heavy atom. The van der Waals surface area contributed by atoms with Crippen LogP contribution in [0.15, 0.2) is 58.7 Å². The van der Waals surface area contributed by atoms with Gasteiger partial charge in [0.1, 0.15) is 5.82 Å². The molecule has 1 atom stereocenters. The van der Waals surface area contributed by atoms with E-state index in [-0.39, 0.29) is 23.3 Å². The van der Waals surface area contributed by atoms with Crippen LogP contribution < -0.4 is 5.32 Å². The number of hydrogen-bond acceptors (Lipinski definition) is 4. The van der Waals surface area contributed by atoms with Crippen molar-refractivity contribution in [2.75, 3.05) is 0 Å². The van der Waals surface area contributed by atoms with Gasteiger partial charge in [-0.15, -0.1) is 5.10 Å². The van der Waals surface area contributed by atoms with Crippen molar-refractivity contribution in [1.29, 1.82) is 0 Å². The molecular formula is C19H15F4N3OS. The van der Waals surface area contributed by atoms with E-state index in [4.69, 9.17) is 0 Å². The van der Waals surface area contributed by atoms with Gasteiger partial charge in [0.05, 0.1) is 16.5 Å². The van der Waals surface area contributed by atoms with E-state index >= 15 is 0 Å². The van der Waals surface area contributed by atoms with Gasteiger partial charge in [-0.3, -0.25) is 4.79 Å². The van der Waals surface area contributed by atoms with Gasteiger partial charge in [-0.05, 0) is 42.7 Å². The van der Waals surface area contributed by atoms with E-state index in [1.54, 1.807) is 25.1 Å². The highest BCUT2D eigenvalue weighted by Gasteiger charge is 2.33. The van der Waals surface area contributed by atoms with Crippen LogP contribution in [0, 0.1) is 5.82 Å². The fourth-order valence-electron chi connectivity index (χ4n) is 2.54. The maximum atomic E-state index is 13.0. The Kier molecular flexibility index (Phi) is 5.83. The number of alkyl halides is 3. The Hall–Kier alpha value is -2.68. The van der Waals surface area contributed by atoms with Gasteiger partial charge < -0.3 is 5.32 Å². The predicted octanol–water partition coefficient (Wildman–Crippen LogP) is 4.40. The van der Waals surface area contributed by atoms with E-state index < -0.39 is 17.0 Å². The van der Waals surface area contributed by atoms with Crippen molar-refractivity contribution in [3.8, 4) is 0 Å². The lowest BCUT2D eigenvalue weighted by molar-refractivity contribution is -0.137. The molecule has 1 aliphatic rings. The molecule has 1 amide bonds. The van der Waals surface area contributed by atoms with Gasteiger partial charge in [0.25, 0.3) is 0 Å². The summed E-state index contributed by atoms with van der Waals surface area (Å²) in [6, 6.07) is 10.6. The first kappa shape index (κ1) is 20.1. The van der Waals surface area contributed by atoms with Gasteiger partial charge in [-0.1, -0.05) is 42.1 Å². The van der Waals surface area contributed by atoms with Crippen LogP contribution in [0.4, 0.5) is 17.6 Å². The van der Waals surface area contributed by atoms with E-state index in [1.807, 2.05) is 0 Å². The van der Waals surface area contributed by atoms with Crippen molar-refractivity contribution in [2.45, 2.75) is 24.8 Å². The van der Waals surface area contributed by atoms with Crippen molar-refractivity contribution in [3.63, 3.8) is 0 Å². The van der Waals surface area contributed by atoms with Gasteiger partial charge in [0.2, 0.25) is 5.91 Å². The Morgan fingerprint density at radius 3 is 2.57 bits per heavy atom. The summed E-state index contributed by atoms with van der Waals surface area (Å²) in [6.07, 6.45) is -4.29. The van der Waals surface area contributed by atoms with E-state index in [9.17, 15) is 22.4 Å². The average Bonchev–Trinajstić information content (AvgIpc) is 2.99. The maximum Gasteiger partial charge on any atom is 0.416 e. The van der Waals surface area contributed by atoms with Crippen LogP contribution in [0.5, 0.6) is 0 Å². The Bertz CT molecular complexity index is 939. The normalized spacial score (nSPS) is 19.2. The van der Waals surface area contributed by atoms with Crippen molar-refractivity contribution in [1.82, 2.24) is 5.32 Å². The summed E-state index contributed by atoms with van der Waals surface area (Å²) in [5, 5.41) is 10.3. The van der Waals surface area contributed by atoms with Crippen molar-refractivity contribution in [3.05, 3.63) is 71.0 Å². The maximum absolute atomic E-state index is 13.0. The molecule has 2 aromatic carbocycles. The Morgan fingerprint density at radius 2 is 1.89 bits per heavy atom. The molecule has 1 fully saturated rings. The fourth-order valence-corrected chi connectivity index (χ4v) is 3.50. The van der Waals surface area contributed by atoms with Crippen LogP contribution in [0.2, 0.25) is 0 Å². The van der Waals surface area contributed by atoms with Crippen LogP contribution in [0.25, 0.3) is 0 Å². The number of nitrogens with zero attached hydrogens (tertiary/aromatic N) is 2. The summed E-state index contributed by atoms with van der Waals surface area (Å²) < 4.78 is 51.4. The van der Waals surface area contributed by atoms with E-state index in [1.165, 1.54) is 18.2 Å². The lowest BCUT2D eigenvalue weighted by atomic mass is 10.1. The minimum Gasteiger partial charge on any atom is -0.303 e. The molecule has 1 aliphatic heterocycles. The molecule has 0 bridgehead atoms. The minimum atomic E-state index is -4.43. The number of hydrogen-bond donors (Lipinski definition) is 1. The van der Waals surface area contributed by atoms with Gasteiger partial charge in [0.15, 0.2) is 5.17 Å². The zero-order chi connectivity index (χ0) is 20.3. The molecule has 1 saturated heterocycles. The second-order valence-electron chi connectivity index (χ2n) is 6.10. The molecule has 0 radical (unpaired) electrons. The number of thioether (sulfide) groups is 1. The lowest BCUT2D eigenvalue weighted by Crippen LogP contribution is -2.26. The van der Waals surface area contributed by atoms with E-state index in [2.05, 4.69) is 15.5 Å². The quantitative estimate of drug-likeness (QED) is 0.462. The highest BCUT2D eigenvalue weighted by Crippen LogP contribution is 2.31. The zero-order valence-electron chi connectivity index (χ0n) is 14.6. The molecule has 28 heavy (non-hydrogen) atoms. The number of benzene rings is 2. The molecule has 0 aromatic heterocycles. The number of amides is 1. The molecule has 0 spiro atoms. The first-order valence-electron chi connectivity index (χ1n) is 8.24. The third-order valence-corrected chi connectivity index (χ3v) is 5.08. The topological polar surface area (TPSA) is 53.8 Å². The average molecular weight is 409 g/mol. The molecule has 146 valence electrons. The lowest BCUT2D eigenvalue weighted by Gasteiger charge is -2.10. The molecule has 2 aromatic rings. The number of halogens is 4. The third kappa shape index (κ3) is 4.98. The highest BCUT2D eigenvalue weighted by atomic mass is 32.2. The zero-order valence-corrected chi connectivity index (χ0v) is 15.4. The number of amidine groups is 1. The molecule has 0 unspecified atom stereocenters. The summed E-state index contributed by atoms with van der Waals surface area (Å²) in [6.45, 7) is 1.69. The Balaban J connectivity index is 1.69. The SMILES string of the molecule is C/C(=N/N=C1\NC(=O)[C@H](Cc2cccc(C(F)(F)F)c2)S1)c1ccc(F)cc1. The largest absolute Gasteiger partial charge is 0.416 e. The summed E-state index contributed by atoms with van der Waals surface area (Å²) in [4.78, 5) is 12.1. The van der Waals surface area contributed by atoms with Crippen molar-refractivity contribution >= 4 is 28.5 Å². The van der Waals surface area contributed by atoms with E-state index in [0.29, 0.717) is 16.8 Å². The van der Waals surface area contributed by atoms with Gasteiger partial charge in [-0.2, -0.15) is 18.3 Å². The van der Waals surface area contributed by atoms with Crippen LogP contribution in [0.3, 0.4) is 0 Å². The number of nitrogens with one attached hydrogen (secondary N) is 1. The van der Waals surface area contributed by atoms with Crippen LogP contribution in [-0.4, -0.2) is 22.0 Å². The molecule has 1 N–H and O–H groups in total. The minimum absolute atomic E-state index is 0.139. The third-order valence-electron chi connectivity index (χ3n) is 4.00. The summed E-state index contributed by atoms with van der Waals surface area (Å²) in [5.74, 6) is -0.699. The predicted molar refractivity (Wildman–Crippen MR) is 101 cm³/mol. The van der Waals surface area contributed by atoms with E-state index in [0.717, 1.165) is 23.9 Å². The summed E-state index contributed by atoms with van der Waals surface area (Å²) in [7, 11) is 0. The molecule has 1 heterocycles. The van der Waals surface area contributed by atoms with Gasteiger partial charge in [-0.25, -0.2) is 4.39 Å². The molecular weight excluding hydrogens is 394 g/mol.